The fourth-order valence-corrected chi connectivity index (χ4v) is 14.2. The highest BCUT2D eigenvalue weighted by Crippen LogP contribution is 2.61. The number of nitrogens with one attached hydrogen (secondary N) is 1. The first kappa shape index (κ1) is 43.3. The van der Waals surface area contributed by atoms with Crippen molar-refractivity contribution in [3.63, 3.8) is 0 Å². The SMILES string of the molecule is CCOc1ccc2c(c1)CC(NCCCCO)C(=O)N2c1ccc2c(c1)[C@]1(O[C@@H](CCn3cc(CCO)nn3)[C@H]([Si](C)(C)c3ccc(OC)cc3)[C@H]1C)C(=O)N2c1ccccc1. The van der Waals surface area contributed by atoms with Gasteiger partial charge in [-0.05, 0) is 111 Å². The molecule has 4 aromatic carbocycles. The molecule has 326 valence electrons. The van der Waals surface area contributed by atoms with E-state index in [4.69, 9.17) is 14.2 Å². The van der Waals surface area contributed by atoms with Crippen molar-refractivity contribution in [3.05, 3.63) is 114 Å². The van der Waals surface area contributed by atoms with Gasteiger partial charge in [0.1, 0.15) is 11.5 Å². The third-order valence-corrected chi connectivity index (χ3v) is 17.5. The number of unbranched alkanes of at least 4 members (excludes halogenated alkanes) is 1. The summed E-state index contributed by atoms with van der Waals surface area (Å²) in [6.07, 6.45) is 4.37. The van der Waals surface area contributed by atoms with Crippen molar-refractivity contribution < 1.29 is 34.0 Å². The van der Waals surface area contributed by atoms with Crippen LogP contribution in [0.5, 0.6) is 11.5 Å². The Morgan fingerprint density at radius 3 is 2.39 bits per heavy atom. The summed E-state index contributed by atoms with van der Waals surface area (Å²) in [5.41, 5.74) is 3.86. The third-order valence-electron chi connectivity index (χ3n) is 13.1. The number of carbonyl (C=O) groups excluding carboxylic acids is 2. The highest BCUT2D eigenvalue weighted by Gasteiger charge is 2.66. The van der Waals surface area contributed by atoms with Gasteiger partial charge in [0.25, 0.3) is 5.91 Å². The van der Waals surface area contributed by atoms with Crippen molar-refractivity contribution in [1.82, 2.24) is 20.3 Å². The molecule has 0 radical (unpaired) electrons. The second-order valence-corrected chi connectivity index (χ2v) is 21.8. The average Bonchev–Trinajstić information content (AvgIpc) is 3.94. The van der Waals surface area contributed by atoms with E-state index in [1.54, 1.807) is 21.6 Å². The number of methoxy groups -OCH3 is 1. The van der Waals surface area contributed by atoms with Crippen molar-refractivity contribution in [2.75, 3.05) is 43.3 Å². The molecule has 13 nitrogen and oxygen atoms in total. The molecule has 5 atom stereocenters. The van der Waals surface area contributed by atoms with Gasteiger partial charge in [0.05, 0.1) is 51.0 Å². The second-order valence-electron chi connectivity index (χ2n) is 17.1. The minimum Gasteiger partial charge on any atom is -0.497 e. The van der Waals surface area contributed by atoms with E-state index in [0.29, 0.717) is 56.8 Å². The van der Waals surface area contributed by atoms with Crippen LogP contribution in [0.1, 0.15) is 49.9 Å². The number of aliphatic hydroxyl groups excluding tert-OH is 2. The summed E-state index contributed by atoms with van der Waals surface area (Å²) in [5.74, 6) is 0.980. The summed E-state index contributed by atoms with van der Waals surface area (Å²) >= 11 is 0. The third kappa shape index (κ3) is 7.83. The molecular formula is C48H58N6O7Si. The lowest BCUT2D eigenvalue weighted by Gasteiger charge is -2.37. The molecule has 1 aromatic heterocycles. The van der Waals surface area contributed by atoms with Crippen molar-refractivity contribution in [2.24, 2.45) is 5.92 Å². The molecular weight excluding hydrogens is 801 g/mol. The molecule has 3 aliphatic rings. The number of nitrogens with zero attached hydrogens (tertiary/aromatic N) is 5. The molecule has 0 aliphatic carbocycles. The normalized spacial score (nSPS) is 22.0. The van der Waals surface area contributed by atoms with Crippen LogP contribution in [0.25, 0.3) is 0 Å². The highest BCUT2D eigenvalue weighted by molar-refractivity contribution is 6.91. The Hall–Kier alpha value is -5.38. The van der Waals surface area contributed by atoms with Gasteiger partial charge in [-0.15, -0.1) is 5.10 Å². The molecule has 3 N–H and O–H groups in total. The van der Waals surface area contributed by atoms with Crippen LogP contribution in [0, 0.1) is 5.92 Å². The molecule has 0 bridgehead atoms. The van der Waals surface area contributed by atoms with E-state index in [9.17, 15) is 15.0 Å². The molecule has 4 heterocycles. The number of carbonyl (C=O) groups is 2. The number of aliphatic hydroxyl groups is 2. The molecule has 1 fully saturated rings. The fourth-order valence-electron chi connectivity index (χ4n) is 10.1. The number of aryl methyl sites for hydroxylation is 1. The molecule has 1 unspecified atom stereocenters. The van der Waals surface area contributed by atoms with Crippen LogP contribution in [0.2, 0.25) is 18.6 Å². The zero-order chi connectivity index (χ0) is 43.6. The van der Waals surface area contributed by atoms with Gasteiger partial charge >= 0.3 is 0 Å². The minimum absolute atomic E-state index is 0.0136. The van der Waals surface area contributed by atoms with Gasteiger partial charge in [-0.1, -0.05) is 60.7 Å². The van der Waals surface area contributed by atoms with Crippen LogP contribution in [-0.4, -0.2) is 90.7 Å². The van der Waals surface area contributed by atoms with E-state index in [1.165, 1.54) is 5.19 Å². The zero-order valence-corrected chi connectivity index (χ0v) is 37.3. The van der Waals surface area contributed by atoms with Gasteiger partial charge in [-0.2, -0.15) is 0 Å². The second kappa shape index (κ2) is 18.1. The molecule has 2 amide bonds. The smallest absolute Gasteiger partial charge is 0.268 e. The zero-order valence-electron chi connectivity index (χ0n) is 36.3. The standard InChI is InChI=1S/C48H58N6O7Si/c1-6-60-38-17-21-42-33(28-38)29-41(49-24-10-11-26-55)46(57)53(42)36-14-20-43-40(30-36)48(47(58)54(43)35-12-8-7-9-13-35)32(2)45(62(4,5)39-18-15-37(59-3)16-19-39)44(61-48)22-25-52-31-34(23-27-56)50-51-52/h7-9,12-21,28,30-32,41,44-45,49,55-56H,6,10-11,22-27,29H2,1-5H3/t32-,41?,44+,45-,48+/m1/s1. The predicted octanol–water partition coefficient (Wildman–Crippen LogP) is 6.16. The first-order chi connectivity index (χ1) is 30.0. The molecule has 0 saturated carbocycles. The summed E-state index contributed by atoms with van der Waals surface area (Å²) < 4.78 is 20.7. The van der Waals surface area contributed by atoms with Gasteiger partial charge in [0.15, 0.2) is 5.60 Å². The van der Waals surface area contributed by atoms with Crippen LogP contribution in [0.4, 0.5) is 22.7 Å². The molecule has 1 spiro atoms. The summed E-state index contributed by atoms with van der Waals surface area (Å²) in [5, 5.41) is 32.3. The van der Waals surface area contributed by atoms with Crippen molar-refractivity contribution in [3.8, 4) is 11.5 Å². The lowest BCUT2D eigenvalue weighted by Crippen LogP contribution is -2.51. The van der Waals surface area contributed by atoms with Crippen LogP contribution in [-0.2, 0) is 39.3 Å². The first-order valence-electron chi connectivity index (χ1n) is 21.9. The van der Waals surface area contributed by atoms with Crippen molar-refractivity contribution in [1.29, 1.82) is 0 Å². The maximum Gasteiger partial charge on any atom is 0.268 e. The van der Waals surface area contributed by atoms with Crippen LogP contribution in [0.3, 0.4) is 0 Å². The van der Waals surface area contributed by atoms with Crippen molar-refractivity contribution >= 4 is 47.8 Å². The topological polar surface area (TPSA) is 152 Å². The molecule has 14 heteroatoms. The van der Waals surface area contributed by atoms with E-state index < -0.39 is 19.7 Å². The Morgan fingerprint density at radius 1 is 0.903 bits per heavy atom. The Kier molecular flexibility index (Phi) is 12.7. The Balaban J connectivity index is 1.26. The number of anilines is 4. The molecule has 1 saturated heterocycles. The number of benzene rings is 4. The number of rotatable bonds is 17. The van der Waals surface area contributed by atoms with E-state index in [0.717, 1.165) is 46.1 Å². The molecule has 3 aliphatic heterocycles. The van der Waals surface area contributed by atoms with Crippen molar-refractivity contribution in [2.45, 2.75) is 88.9 Å². The minimum atomic E-state index is -2.47. The number of ether oxygens (including phenoxy) is 3. The van der Waals surface area contributed by atoms with Gasteiger partial charge in [-0.3, -0.25) is 24.1 Å². The van der Waals surface area contributed by atoms with Crippen LogP contribution in [0.15, 0.2) is 97.2 Å². The van der Waals surface area contributed by atoms with Crippen LogP contribution < -0.4 is 29.8 Å². The highest BCUT2D eigenvalue weighted by atomic mass is 28.3. The number of amides is 2. The Morgan fingerprint density at radius 2 is 1.66 bits per heavy atom. The summed E-state index contributed by atoms with van der Waals surface area (Å²) in [7, 11) is -0.807. The number of para-hydroxylation sites is 1. The maximum atomic E-state index is 15.7. The van der Waals surface area contributed by atoms with E-state index in [1.807, 2.05) is 92.0 Å². The molecule has 8 rings (SSSR count). The monoisotopic (exact) mass is 858 g/mol. The van der Waals surface area contributed by atoms with Gasteiger partial charge < -0.3 is 29.7 Å². The first-order valence-corrected chi connectivity index (χ1v) is 24.9. The number of hydrogen-bond donors (Lipinski definition) is 3. The number of aromatic nitrogens is 3. The lowest BCUT2D eigenvalue weighted by molar-refractivity contribution is -0.145. The van der Waals surface area contributed by atoms with Gasteiger partial charge in [-0.25, -0.2) is 0 Å². The van der Waals surface area contributed by atoms with E-state index in [2.05, 4.69) is 47.8 Å². The average molecular weight is 859 g/mol. The lowest BCUT2D eigenvalue weighted by atomic mass is 9.82. The predicted molar refractivity (Wildman–Crippen MR) is 242 cm³/mol. The summed E-state index contributed by atoms with van der Waals surface area (Å²) in [6, 6.07) is 29.3. The fraction of sp³-hybridized carbons (Fsp3) is 0.417. The largest absolute Gasteiger partial charge is 0.497 e. The Labute approximate surface area is 364 Å². The number of hydrogen-bond acceptors (Lipinski definition) is 10. The maximum absolute atomic E-state index is 15.7. The summed E-state index contributed by atoms with van der Waals surface area (Å²) in [6.45, 7) is 10.5. The Bertz CT molecular complexity index is 2380. The van der Waals surface area contributed by atoms with Gasteiger partial charge in [0.2, 0.25) is 5.91 Å². The summed E-state index contributed by atoms with van der Waals surface area (Å²) in [4.78, 5) is 34.0. The molecule has 5 aromatic rings. The van der Waals surface area contributed by atoms with E-state index in [-0.39, 0.29) is 42.6 Å². The molecule has 62 heavy (non-hydrogen) atoms. The van der Waals surface area contributed by atoms with Crippen LogP contribution >= 0.6 is 0 Å². The quantitative estimate of drug-likeness (QED) is 0.0734. The van der Waals surface area contributed by atoms with Gasteiger partial charge in [0, 0.05) is 55.2 Å². The number of fused-ring (bicyclic) bond motifs is 3. The van der Waals surface area contributed by atoms with E-state index >= 15 is 4.79 Å².